The number of hydrogen-bond donors (Lipinski definition) is 1. The lowest BCUT2D eigenvalue weighted by atomic mass is 10.1. The summed E-state index contributed by atoms with van der Waals surface area (Å²) in [6.45, 7) is 0.744. The second kappa shape index (κ2) is 8.00. The van der Waals surface area contributed by atoms with Gasteiger partial charge in [0.15, 0.2) is 11.5 Å². The number of nitrogens with zero attached hydrogens (tertiary/aromatic N) is 1. The van der Waals surface area contributed by atoms with E-state index in [1.807, 2.05) is 66.0 Å². The van der Waals surface area contributed by atoms with Crippen LogP contribution in [0.3, 0.4) is 0 Å². The molecule has 2 heterocycles. The zero-order valence-corrected chi connectivity index (χ0v) is 16.8. The quantitative estimate of drug-likeness (QED) is 0.491. The Labute approximate surface area is 177 Å². The number of amides is 1. The number of fused-ring (bicyclic) bond motifs is 1. The van der Waals surface area contributed by atoms with Gasteiger partial charge in [-0.3, -0.25) is 4.79 Å². The number of carbonyl (C=O) groups is 1. The van der Waals surface area contributed by atoms with Gasteiger partial charge in [-0.2, -0.15) is 0 Å². The molecular formula is C24H18N2O3S. The minimum Gasteiger partial charge on any atom is -0.454 e. The van der Waals surface area contributed by atoms with Gasteiger partial charge in [-0.25, -0.2) is 4.98 Å². The highest BCUT2D eigenvalue weighted by Crippen LogP contribution is 2.37. The molecule has 1 amide bonds. The van der Waals surface area contributed by atoms with Crippen molar-refractivity contribution in [1.29, 1.82) is 0 Å². The highest BCUT2D eigenvalue weighted by Gasteiger charge is 2.15. The van der Waals surface area contributed by atoms with Gasteiger partial charge in [-0.15, -0.1) is 11.3 Å². The van der Waals surface area contributed by atoms with Gasteiger partial charge in [-0.05, 0) is 35.9 Å². The number of hydrogen-bond acceptors (Lipinski definition) is 5. The van der Waals surface area contributed by atoms with Crippen LogP contribution in [-0.2, 0) is 6.54 Å². The van der Waals surface area contributed by atoms with Crippen LogP contribution in [-0.4, -0.2) is 17.7 Å². The van der Waals surface area contributed by atoms with Crippen LogP contribution in [0.5, 0.6) is 11.5 Å². The number of nitrogens with one attached hydrogen (secondary N) is 1. The van der Waals surface area contributed by atoms with E-state index in [4.69, 9.17) is 14.5 Å². The van der Waals surface area contributed by atoms with Gasteiger partial charge >= 0.3 is 0 Å². The number of carbonyl (C=O) groups excluding carboxylic acids is 1. The molecule has 5 nitrogen and oxygen atoms in total. The predicted octanol–water partition coefficient (Wildman–Crippen LogP) is 5.14. The maximum atomic E-state index is 12.2. The molecule has 0 spiro atoms. The summed E-state index contributed by atoms with van der Waals surface area (Å²) in [4.78, 5) is 17.0. The third-order valence-electron chi connectivity index (χ3n) is 4.86. The minimum atomic E-state index is -0.0760. The smallest absolute Gasteiger partial charge is 0.251 e. The van der Waals surface area contributed by atoms with Crippen LogP contribution < -0.4 is 14.8 Å². The summed E-state index contributed by atoms with van der Waals surface area (Å²) in [5.74, 6) is 1.45. The van der Waals surface area contributed by atoms with E-state index in [9.17, 15) is 4.79 Å². The fourth-order valence-corrected chi connectivity index (χ4v) is 4.07. The highest BCUT2D eigenvalue weighted by molar-refractivity contribution is 7.13. The topological polar surface area (TPSA) is 60.5 Å². The first kappa shape index (κ1) is 18.4. The van der Waals surface area contributed by atoms with Gasteiger partial charge in [0, 0.05) is 28.6 Å². The molecule has 0 saturated carbocycles. The number of benzene rings is 3. The maximum absolute atomic E-state index is 12.2. The van der Waals surface area contributed by atoms with E-state index < -0.39 is 0 Å². The van der Waals surface area contributed by atoms with Crippen molar-refractivity contribution < 1.29 is 14.3 Å². The van der Waals surface area contributed by atoms with Gasteiger partial charge in [0.05, 0.1) is 5.69 Å². The number of rotatable bonds is 5. The van der Waals surface area contributed by atoms with E-state index in [1.54, 1.807) is 23.5 Å². The third kappa shape index (κ3) is 3.77. The van der Waals surface area contributed by atoms with E-state index in [-0.39, 0.29) is 12.7 Å². The van der Waals surface area contributed by atoms with Crippen LogP contribution in [0.25, 0.3) is 21.8 Å². The van der Waals surface area contributed by atoms with Crippen LogP contribution in [0, 0.1) is 0 Å². The van der Waals surface area contributed by atoms with Crippen molar-refractivity contribution in [2.45, 2.75) is 6.54 Å². The molecule has 0 fully saturated rings. The normalized spacial score (nSPS) is 12.0. The molecule has 148 valence electrons. The molecule has 0 unspecified atom stereocenters. The van der Waals surface area contributed by atoms with Crippen LogP contribution >= 0.6 is 11.3 Å². The van der Waals surface area contributed by atoms with Crippen molar-refractivity contribution in [2.24, 2.45) is 0 Å². The van der Waals surface area contributed by atoms with Crippen molar-refractivity contribution in [3.05, 3.63) is 89.3 Å². The molecule has 1 aromatic heterocycles. The number of ether oxygens (including phenoxy) is 2. The molecule has 0 saturated heterocycles. The molecule has 1 aliphatic rings. The largest absolute Gasteiger partial charge is 0.454 e. The first-order chi connectivity index (χ1) is 14.8. The Morgan fingerprint density at radius 2 is 1.70 bits per heavy atom. The van der Waals surface area contributed by atoms with Crippen molar-refractivity contribution in [1.82, 2.24) is 10.3 Å². The van der Waals surface area contributed by atoms with Crippen LogP contribution in [0.15, 0.2) is 78.2 Å². The van der Waals surface area contributed by atoms with E-state index >= 15 is 0 Å². The minimum absolute atomic E-state index is 0.0760. The molecule has 4 aromatic rings. The van der Waals surface area contributed by atoms with E-state index in [0.717, 1.165) is 38.9 Å². The van der Waals surface area contributed by atoms with Crippen molar-refractivity contribution in [3.63, 3.8) is 0 Å². The summed E-state index contributed by atoms with van der Waals surface area (Å²) in [5.41, 5.74) is 4.66. The molecule has 0 atom stereocenters. The molecule has 0 radical (unpaired) electrons. The van der Waals surface area contributed by atoms with E-state index in [1.165, 1.54) is 0 Å². The third-order valence-corrected chi connectivity index (χ3v) is 5.75. The summed E-state index contributed by atoms with van der Waals surface area (Å²) in [6.07, 6.45) is 0. The lowest BCUT2D eigenvalue weighted by molar-refractivity contribution is 0.0951. The molecular weight excluding hydrogens is 396 g/mol. The molecule has 3 aromatic carbocycles. The number of thiazole rings is 1. The van der Waals surface area contributed by atoms with Crippen LogP contribution in [0.2, 0.25) is 0 Å². The first-order valence-electron chi connectivity index (χ1n) is 9.54. The Morgan fingerprint density at radius 3 is 2.53 bits per heavy atom. The molecule has 0 bridgehead atoms. The second-order valence-electron chi connectivity index (χ2n) is 6.85. The summed E-state index contributed by atoms with van der Waals surface area (Å²) in [5, 5.41) is 5.94. The number of aromatic nitrogens is 1. The molecule has 5 rings (SSSR count). The summed E-state index contributed by atoms with van der Waals surface area (Å²) in [6, 6.07) is 23.2. The van der Waals surface area contributed by atoms with E-state index in [0.29, 0.717) is 12.1 Å². The Bertz CT molecular complexity index is 1190. The van der Waals surface area contributed by atoms with Gasteiger partial charge in [0.1, 0.15) is 5.01 Å². The van der Waals surface area contributed by atoms with Crippen LogP contribution in [0.4, 0.5) is 0 Å². The van der Waals surface area contributed by atoms with Crippen molar-refractivity contribution >= 4 is 17.2 Å². The first-order valence-corrected chi connectivity index (χ1v) is 10.4. The monoisotopic (exact) mass is 414 g/mol. The van der Waals surface area contributed by atoms with Gasteiger partial charge < -0.3 is 14.8 Å². The van der Waals surface area contributed by atoms with Gasteiger partial charge in [0.25, 0.3) is 5.91 Å². The highest BCUT2D eigenvalue weighted by atomic mass is 32.1. The molecule has 0 aliphatic carbocycles. The SMILES string of the molecule is O=C(NCc1ccc(-c2nc(-c3ccc4c(c3)OCO4)cs2)cc1)c1ccccc1. The fraction of sp³-hybridized carbons (Fsp3) is 0.0833. The van der Waals surface area contributed by atoms with Crippen LogP contribution in [0.1, 0.15) is 15.9 Å². The Balaban J connectivity index is 1.26. The van der Waals surface area contributed by atoms with Gasteiger partial charge in [-0.1, -0.05) is 42.5 Å². The fourth-order valence-electron chi connectivity index (χ4n) is 3.23. The molecule has 1 N–H and O–H groups in total. The molecule has 30 heavy (non-hydrogen) atoms. The standard InChI is InChI=1S/C24H18N2O3S/c27-23(17-4-2-1-3-5-17)25-13-16-6-8-18(9-7-16)24-26-20(14-30-24)19-10-11-21-22(12-19)29-15-28-21/h1-12,14H,13,15H2,(H,25,27). The molecule has 1 aliphatic heterocycles. The average Bonchev–Trinajstić information content (AvgIpc) is 3.47. The maximum Gasteiger partial charge on any atom is 0.251 e. The summed E-state index contributed by atoms with van der Waals surface area (Å²) in [7, 11) is 0. The second-order valence-corrected chi connectivity index (χ2v) is 7.71. The Morgan fingerprint density at radius 1 is 0.933 bits per heavy atom. The summed E-state index contributed by atoms with van der Waals surface area (Å²) < 4.78 is 10.8. The zero-order chi connectivity index (χ0) is 20.3. The predicted molar refractivity (Wildman–Crippen MR) is 117 cm³/mol. The molecule has 6 heteroatoms. The lowest BCUT2D eigenvalue weighted by Gasteiger charge is -2.06. The van der Waals surface area contributed by atoms with E-state index in [2.05, 4.69) is 5.32 Å². The Kier molecular flexibility index (Phi) is 4.91. The lowest BCUT2D eigenvalue weighted by Crippen LogP contribution is -2.22. The zero-order valence-electron chi connectivity index (χ0n) is 16.0. The van der Waals surface area contributed by atoms with Crippen molar-refractivity contribution in [2.75, 3.05) is 6.79 Å². The van der Waals surface area contributed by atoms with Gasteiger partial charge in [0.2, 0.25) is 6.79 Å². The Hall–Kier alpha value is -3.64. The van der Waals surface area contributed by atoms with Crippen molar-refractivity contribution in [3.8, 4) is 33.3 Å². The average molecular weight is 414 g/mol. The summed E-state index contributed by atoms with van der Waals surface area (Å²) >= 11 is 1.60.